The molecule has 4 nitrogen and oxygen atoms in total. The highest BCUT2D eigenvalue weighted by Crippen LogP contribution is 2.36. The summed E-state index contributed by atoms with van der Waals surface area (Å²) in [7, 11) is 0. The first-order valence-electron chi connectivity index (χ1n) is 6.86. The van der Waals surface area contributed by atoms with Crippen molar-refractivity contribution in [2.45, 2.75) is 45.6 Å². The Morgan fingerprint density at radius 3 is 2.75 bits per heavy atom. The second-order valence-corrected chi connectivity index (χ2v) is 6.21. The maximum Gasteiger partial charge on any atom is 0.414 e. The van der Waals surface area contributed by atoms with Gasteiger partial charge in [-0.2, -0.15) is 5.26 Å². The summed E-state index contributed by atoms with van der Waals surface area (Å²) in [5, 5.41) is 9.00. The van der Waals surface area contributed by atoms with Crippen molar-refractivity contribution >= 4 is 11.8 Å². The summed E-state index contributed by atoms with van der Waals surface area (Å²) in [5.74, 6) is 0.344. The van der Waals surface area contributed by atoms with Gasteiger partial charge in [0.15, 0.2) is 0 Å². The van der Waals surface area contributed by atoms with Crippen LogP contribution in [0.2, 0.25) is 0 Å². The van der Waals surface area contributed by atoms with Crippen molar-refractivity contribution in [3.63, 3.8) is 0 Å². The van der Waals surface area contributed by atoms with Gasteiger partial charge < -0.3 is 4.74 Å². The van der Waals surface area contributed by atoms with Crippen LogP contribution in [0.5, 0.6) is 0 Å². The van der Waals surface area contributed by atoms with Crippen molar-refractivity contribution in [1.29, 1.82) is 5.26 Å². The Balaban J connectivity index is 2.34. The standard InChI is InChI=1S/C16H20N2O2/c1-11-7-8-18(15(19)20-16(2,3)4)14-6-5-12(10-17)9-13(11)14/h5-6,9,11H,7-8H2,1-4H3. The summed E-state index contributed by atoms with van der Waals surface area (Å²) in [5.41, 5.74) is 2.02. The van der Waals surface area contributed by atoms with Gasteiger partial charge in [-0.15, -0.1) is 0 Å². The van der Waals surface area contributed by atoms with Crippen LogP contribution in [0, 0.1) is 11.3 Å². The third-order valence-corrected chi connectivity index (χ3v) is 3.38. The molecule has 20 heavy (non-hydrogen) atoms. The average Bonchev–Trinajstić information content (AvgIpc) is 2.36. The molecule has 1 aliphatic rings. The van der Waals surface area contributed by atoms with Crippen molar-refractivity contribution in [2.24, 2.45) is 0 Å². The number of nitrogens with zero attached hydrogens (tertiary/aromatic N) is 2. The van der Waals surface area contributed by atoms with Crippen LogP contribution >= 0.6 is 0 Å². The van der Waals surface area contributed by atoms with Crippen molar-refractivity contribution in [2.75, 3.05) is 11.4 Å². The highest BCUT2D eigenvalue weighted by atomic mass is 16.6. The minimum Gasteiger partial charge on any atom is -0.443 e. The van der Waals surface area contributed by atoms with Gasteiger partial charge in [0.2, 0.25) is 0 Å². The third-order valence-electron chi connectivity index (χ3n) is 3.38. The highest BCUT2D eigenvalue weighted by molar-refractivity contribution is 5.89. The van der Waals surface area contributed by atoms with Gasteiger partial charge in [0.1, 0.15) is 5.60 Å². The number of hydrogen-bond donors (Lipinski definition) is 0. The summed E-state index contributed by atoms with van der Waals surface area (Å²) in [6, 6.07) is 7.60. The van der Waals surface area contributed by atoms with Gasteiger partial charge in [-0.05, 0) is 56.9 Å². The van der Waals surface area contributed by atoms with E-state index in [-0.39, 0.29) is 6.09 Å². The summed E-state index contributed by atoms with van der Waals surface area (Å²) < 4.78 is 5.45. The number of nitriles is 1. The Kier molecular flexibility index (Phi) is 3.71. The molecule has 1 aromatic carbocycles. The lowest BCUT2D eigenvalue weighted by atomic mass is 9.90. The van der Waals surface area contributed by atoms with E-state index in [9.17, 15) is 4.79 Å². The molecule has 0 radical (unpaired) electrons. The van der Waals surface area contributed by atoms with Gasteiger partial charge in [-0.25, -0.2) is 4.79 Å². The predicted molar refractivity (Wildman–Crippen MR) is 77.8 cm³/mol. The maximum atomic E-state index is 12.3. The Labute approximate surface area is 120 Å². The average molecular weight is 272 g/mol. The molecule has 1 unspecified atom stereocenters. The van der Waals surface area contributed by atoms with Crippen molar-refractivity contribution < 1.29 is 9.53 Å². The fourth-order valence-electron chi connectivity index (χ4n) is 2.37. The van der Waals surface area contributed by atoms with Crippen molar-refractivity contribution in [3.05, 3.63) is 29.3 Å². The highest BCUT2D eigenvalue weighted by Gasteiger charge is 2.29. The second-order valence-electron chi connectivity index (χ2n) is 6.21. The summed E-state index contributed by atoms with van der Waals surface area (Å²) >= 11 is 0. The minimum absolute atomic E-state index is 0.324. The number of hydrogen-bond acceptors (Lipinski definition) is 3. The smallest absolute Gasteiger partial charge is 0.414 e. The SMILES string of the molecule is CC1CCN(C(=O)OC(C)(C)C)c2ccc(C#N)cc21. The molecule has 2 rings (SSSR count). The molecule has 0 saturated carbocycles. The zero-order valence-corrected chi connectivity index (χ0v) is 12.4. The molecule has 106 valence electrons. The van der Waals surface area contributed by atoms with E-state index in [1.165, 1.54) is 0 Å². The van der Waals surface area contributed by atoms with Gasteiger partial charge in [0.05, 0.1) is 17.3 Å². The molecule has 4 heteroatoms. The molecular formula is C16H20N2O2. The summed E-state index contributed by atoms with van der Waals surface area (Å²) in [6.07, 6.45) is 0.552. The molecule has 0 saturated heterocycles. The van der Waals surface area contributed by atoms with Gasteiger partial charge in [-0.3, -0.25) is 4.90 Å². The normalized spacial score (nSPS) is 18.1. The molecule has 0 fully saturated rings. The Bertz CT molecular complexity index is 567. The van der Waals surface area contributed by atoms with Crippen molar-refractivity contribution in [3.8, 4) is 6.07 Å². The van der Waals surface area contributed by atoms with E-state index < -0.39 is 5.60 Å². The summed E-state index contributed by atoms with van der Waals surface area (Å²) in [6.45, 7) is 8.34. The molecule has 0 bridgehead atoms. The Morgan fingerprint density at radius 1 is 1.45 bits per heavy atom. The van der Waals surface area contributed by atoms with E-state index in [0.717, 1.165) is 17.7 Å². The second kappa shape index (κ2) is 5.16. The number of rotatable bonds is 0. The van der Waals surface area contributed by atoms with Gasteiger partial charge in [0.25, 0.3) is 0 Å². The van der Waals surface area contributed by atoms with Crippen LogP contribution in [0.1, 0.15) is 51.2 Å². The minimum atomic E-state index is -0.507. The fourth-order valence-corrected chi connectivity index (χ4v) is 2.37. The maximum absolute atomic E-state index is 12.3. The molecule has 0 aromatic heterocycles. The van der Waals surface area contributed by atoms with E-state index in [0.29, 0.717) is 18.0 Å². The number of fused-ring (bicyclic) bond motifs is 1. The molecule has 1 aliphatic heterocycles. The van der Waals surface area contributed by atoms with Crippen LogP contribution in [0.4, 0.5) is 10.5 Å². The molecule has 1 heterocycles. The molecular weight excluding hydrogens is 252 g/mol. The van der Waals surface area contributed by atoms with E-state index in [4.69, 9.17) is 10.00 Å². The van der Waals surface area contributed by atoms with Crippen LogP contribution in [-0.4, -0.2) is 18.2 Å². The molecule has 0 aliphatic carbocycles. The lowest BCUT2D eigenvalue weighted by Crippen LogP contribution is -2.40. The van der Waals surface area contributed by atoms with Gasteiger partial charge >= 0.3 is 6.09 Å². The lowest BCUT2D eigenvalue weighted by molar-refractivity contribution is 0.0577. The van der Waals surface area contributed by atoms with Crippen LogP contribution in [0.3, 0.4) is 0 Å². The topological polar surface area (TPSA) is 53.3 Å². The van der Waals surface area contributed by atoms with E-state index in [2.05, 4.69) is 13.0 Å². The lowest BCUT2D eigenvalue weighted by Gasteiger charge is -2.34. The number of carbonyl (C=O) groups is 1. The quantitative estimate of drug-likeness (QED) is 0.721. The number of carbonyl (C=O) groups excluding carboxylic acids is 1. The molecule has 0 N–H and O–H groups in total. The zero-order valence-electron chi connectivity index (χ0n) is 12.4. The third kappa shape index (κ3) is 2.93. The van der Waals surface area contributed by atoms with Crippen LogP contribution in [-0.2, 0) is 4.74 Å². The van der Waals surface area contributed by atoms with Gasteiger partial charge in [-0.1, -0.05) is 6.92 Å². The predicted octanol–water partition coefficient (Wildman–Crippen LogP) is 3.81. The molecule has 1 amide bonds. The first kappa shape index (κ1) is 14.4. The van der Waals surface area contributed by atoms with E-state index in [1.54, 1.807) is 11.0 Å². The first-order valence-corrected chi connectivity index (χ1v) is 6.86. The molecule has 1 atom stereocenters. The Morgan fingerprint density at radius 2 is 2.15 bits per heavy atom. The number of anilines is 1. The summed E-state index contributed by atoms with van der Waals surface area (Å²) in [4.78, 5) is 13.9. The largest absolute Gasteiger partial charge is 0.443 e. The Hall–Kier alpha value is -2.02. The van der Waals surface area contributed by atoms with Crippen LogP contribution < -0.4 is 4.90 Å². The van der Waals surface area contributed by atoms with E-state index >= 15 is 0 Å². The number of ether oxygens (including phenoxy) is 1. The first-order chi connectivity index (χ1) is 9.31. The monoisotopic (exact) mass is 272 g/mol. The van der Waals surface area contributed by atoms with Crippen molar-refractivity contribution in [1.82, 2.24) is 0 Å². The van der Waals surface area contributed by atoms with Crippen LogP contribution in [0.15, 0.2) is 18.2 Å². The zero-order chi connectivity index (χ0) is 14.9. The molecule has 0 spiro atoms. The number of amides is 1. The molecule has 1 aromatic rings. The van der Waals surface area contributed by atoms with E-state index in [1.807, 2.05) is 32.9 Å². The van der Waals surface area contributed by atoms with Gasteiger partial charge in [0, 0.05) is 6.54 Å². The van der Waals surface area contributed by atoms with Crippen LogP contribution in [0.25, 0.3) is 0 Å². The number of benzene rings is 1. The fraction of sp³-hybridized carbons (Fsp3) is 0.500.